The first-order valence-corrected chi connectivity index (χ1v) is 7.29. The smallest absolute Gasteiger partial charge is 0.150 e. The van der Waals surface area contributed by atoms with Gasteiger partial charge in [0.1, 0.15) is 0 Å². The lowest BCUT2D eigenvalue weighted by atomic mass is 10.1. The summed E-state index contributed by atoms with van der Waals surface area (Å²) < 4.78 is 22.4. The van der Waals surface area contributed by atoms with Gasteiger partial charge in [-0.3, -0.25) is 0 Å². The fraction of sp³-hybridized carbons (Fsp3) is 1.00. The molecule has 1 N–H and O–H groups in total. The first kappa shape index (κ1) is 12.0. The van der Waals surface area contributed by atoms with Crippen molar-refractivity contribution in [1.29, 1.82) is 0 Å². The standard InChI is InChI=1S/C10H21NO2S/c1-3-4-9(2)11-7-10-5-6-14(12,13)8-10/h9-11H,3-8H2,1-2H3. The van der Waals surface area contributed by atoms with Gasteiger partial charge in [-0.1, -0.05) is 13.3 Å². The molecule has 14 heavy (non-hydrogen) atoms. The zero-order valence-corrected chi connectivity index (χ0v) is 9.94. The second-order valence-electron chi connectivity index (χ2n) is 4.37. The lowest BCUT2D eigenvalue weighted by molar-refractivity contribution is 0.447. The van der Waals surface area contributed by atoms with E-state index in [1.807, 2.05) is 0 Å². The summed E-state index contributed by atoms with van der Waals surface area (Å²) in [5.74, 6) is 1.12. The highest BCUT2D eigenvalue weighted by molar-refractivity contribution is 7.91. The molecule has 0 saturated carbocycles. The molecule has 1 fully saturated rings. The van der Waals surface area contributed by atoms with Gasteiger partial charge < -0.3 is 5.32 Å². The molecule has 3 nitrogen and oxygen atoms in total. The largest absolute Gasteiger partial charge is 0.314 e. The highest BCUT2D eigenvalue weighted by atomic mass is 32.2. The predicted molar refractivity (Wildman–Crippen MR) is 59.1 cm³/mol. The van der Waals surface area contributed by atoms with Crippen LogP contribution in [0.4, 0.5) is 0 Å². The lowest BCUT2D eigenvalue weighted by Gasteiger charge is -2.15. The average Bonchev–Trinajstić information content (AvgIpc) is 2.43. The Bertz CT molecular complexity index is 261. The molecule has 4 heteroatoms. The Labute approximate surface area is 87.2 Å². The van der Waals surface area contributed by atoms with Crippen molar-refractivity contribution < 1.29 is 8.42 Å². The molecule has 1 aliphatic rings. The first-order valence-electron chi connectivity index (χ1n) is 5.47. The highest BCUT2D eigenvalue weighted by Crippen LogP contribution is 2.17. The third-order valence-electron chi connectivity index (χ3n) is 2.80. The molecule has 84 valence electrons. The van der Waals surface area contributed by atoms with Gasteiger partial charge in [0.2, 0.25) is 0 Å². The molecule has 1 aliphatic heterocycles. The average molecular weight is 219 g/mol. The Morgan fingerprint density at radius 1 is 1.50 bits per heavy atom. The SMILES string of the molecule is CCCC(C)NCC1CCS(=O)(=O)C1. The van der Waals surface area contributed by atoms with Crippen LogP contribution in [0.2, 0.25) is 0 Å². The minimum Gasteiger partial charge on any atom is -0.314 e. The third-order valence-corrected chi connectivity index (χ3v) is 4.64. The molecule has 1 rings (SSSR count). The summed E-state index contributed by atoms with van der Waals surface area (Å²) in [7, 11) is -2.70. The van der Waals surface area contributed by atoms with E-state index in [1.54, 1.807) is 0 Å². The van der Waals surface area contributed by atoms with E-state index in [0.29, 0.717) is 23.5 Å². The zero-order valence-electron chi connectivity index (χ0n) is 9.12. The maximum atomic E-state index is 11.2. The fourth-order valence-electron chi connectivity index (χ4n) is 1.94. The van der Waals surface area contributed by atoms with Crippen molar-refractivity contribution in [2.75, 3.05) is 18.1 Å². The molecule has 0 aliphatic carbocycles. The molecule has 0 aromatic rings. The van der Waals surface area contributed by atoms with Crippen molar-refractivity contribution in [1.82, 2.24) is 5.32 Å². The van der Waals surface area contributed by atoms with E-state index in [2.05, 4.69) is 19.2 Å². The van der Waals surface area contributed by atoms with Gasteiger partial charge in [-0.2, -0.15) is 0 Å². The van der Waals surface area contributed by atoms with Gasteiger partial charge in [-0.15, -0.1) is 0 Å². The van der Waals surface area contributed by atoms with Crippen LogP contribution in [0.15, 0.2) is 0 Å². The second-order valence-corrected chi connectivity index (χ2v) is 6.60. The van der Waals surface area contributed by atoms with Crippen LogP contribution >= 0.6 is 0 Å². The highest BCUT2D eigenvalue weighted by Gasteiger charge is 2.27. The summed E-state index contributed by atoms with van der Waals surface area (Å²) in [5.41, 5.74) is 0. The van der Waals surface area contributed by atoms with Gasteiger partial charge >= 0.3 is 0 Å². The maximum Gasteiger partial charge on any atom is 0.150 e. The van der Waals surface area contributed by atoms with E-state index in [4.69, 9.17) is 0 Å². The van der Waals surface area contributed by atoms with Crippen LogP contribution < -0.4 is 5.32 Å². The molecule has 0 amide bonds. The van der Waals surface area contributed by atoms with E-state index >= 15 is 0 Å². The maximum absolute atomic E-state index is 11.2. The normalized spacial score (nSPS) is 27.7. The van der Waals surface area contributed by atoms with E-state index in [-0.39, 0.29) is 0 Å². The van der Waals surface area contributed by atoms with Gasteiger partial charge in [-0.25, -0.2) is 8.42 Å². The minimum absolute atomic E-state index is 0.347. The van der Waals surface area contributed by atoms with E-state index in [1.165, 1.54) is 12.8 Å². The molecular weight excluding hydrogens is 198 g/mol. The molecule has 0 radical (unpaired) electrons. The predicted octanol–water partition coefficient (Wildman–Crippen LogP) is 1.20. The molecule has 0 aromatic carbocycles. The van der Waals surface area contributed by atoms with Crippen LogP contribution in [0, 0.1) is 5.92 Å². The Kier molecular flexibility index (Phi) is 4.38. The topological polar surface area (TPSA) is 46.2 Å². The van der Waals surface area contributed by atoms with Crippen molar-refractivity contribution >= 4 is 9.84 Å². The molecular formula is C10H21NO2S. The summed E-state index contributed by atoms with van der Waals surface area (Å²) in [6.45, 7) is 5.19. The second kappa shape index (κ2) is 5.12. The summed E-state index contributed by atoms with van der Waals surface area (Å²) in [6, 6.07) is 0.517. The summed E-state index contributed by atoms with van der Waals surface area (Å²) in [4.78, 5) is 0. The van der Waals surface area contributed by atoms with Crippen LogP contribution in [-0.4, -0.2) is 32.5 Å². The minimum atomic E-state index is -2.70. The van der Waals surface area contributed by atoms with Crippen molar-refractivity contribution in [2.24, 2.45) is 5.92 Å². The molecule has 1 heterocycles. The summed E-state index contributed by atoms with van der Waals surface area (Å²) in [6.07, 6.45) is 3.19. The summed E-state index contributed by atoms with van der Waals surface area (Å²) in [5, 5.41) is 3.40. The van der Waals surface area contributed by atoms with Crippen LogP contribution in [0.3, 0.4) is 0 Å². The quantitative estimate of drug-likeness (QED) is 0.756. The summed E-state index contributed by atoms with van der Waals surface area (Å²) >= 11 is 0. The van der Waals surface area contributed by atoms with Gasteiger partial charge in [0.15, 0.2) is 9.84 Å². The molecule has 0 aromatic heterocycles. The van der Waals surface area contributed by atoms with Crippen LogP contribution in [0.5, 0.6) is 0 Å². The van der Waals surface area contributed by atoms with Crippen molar-refractivity contribution in [2.45, 2.75) is 39.2 Å². The van der Waals surface area contributed by atoms with Crippen LogP contribution in [-0.2, 0) is 9.84 Å². The lowest BCUT2D eigenvalue weighted by Crippen LogP contribution is -2.31. The third kappa shape index (κ3) is 3.96. The van der Waals surface area contributed by atoms with Crippen molar-refractivity contribution in [3.8, 4) is 0 Å². The van der Waals surface area contributed by atoms with Gasteiger partial charge in [0, 0.05) is 6.04 Å². The number of hydrogen-bond donors (Lipinski definition) is 1. The van der Waals surface area contributed by atoms with Crippen molar-refractivity contribution in [3.63, 3.8) is 0 Å². The van der Waals surface area contributed by atoms with Gasteiger partial charge in [-0.05, 0) is 32.2 Å². The Morgan fingerprint density at radius 2 is 2.21 bits per heavy atom. The van der Waals surface area contributed by atoms with E-state index < -0.39 is 9.84 Å². The number of hydrogen-bond acceptors (Lipinski definition) is 3. The molecule has 2 unspecified atom stereocenters. The van der Waals surface area contributed by atoms with Crippen LogP contribution in [0.25, 0.3) is 0 Å². The number of sulfone groups is 1. The molecule has 0 spiro atoms. The first-order chi connectivity index (χ1) is 6.53. The van der Waals surface area contributed by atoms with E-state index in [9.17, 15) is 8.42 Å². The van der Waals surface area contributed by atoms with E-state index in [0.717, 1.165) is 13.0 Å². The molecule has 2 atom stereocenters. The molecule has 0 bridgehead atoms. The van der Waals surface area contributed by atoms with Gasteiger partial charge in [0.05, 0.1) is 11.5 Å². The monoisotopic (exact) mass is 219 g/mol. The number of nitrogens with one attached hydrogen (secondary N) is 1. The zero-order chi connectivity index (χ0) is 10.6. The molecule has 1 saturated heterocycles. The van der Waals surface area contributed by atoms with Gasteiger partial charge in [0.25, 0.3) is 0 Å². The number of rotatable bonds is 5. The fourth-order valence-corrected chi connectivity index (χ4v) is 3.80. The Morgan fingerprint density at radius 3 is 2.71 bits per heavy atom. The Hall–Kier alpha value is -0.0900. The van der Waals surface area contributed by atoms with Crippen LogP contribution in [0.1, 0.15) is 33.1 Å². The Balaban J connectivity index is 2.20. The van der Waals surface area contributed by atoms with Crippen molar-refractivity contribution in [3.05, 3.63) is 0 Å².